The monoisotopic (exact) mass is 460 g/mol. The van der Waals surface area contributed by atoms with Gasteiger partial charge < -0.3 is 0 Å². The van der Waals surface area contributed by atoms with Crippen LogP contribution in [0.4, 0.5) is 39.5 Å². The van der Waals surface area contributed by atoms with Gasteiger partial charge in [0.25, 0.3) is 0 Å². The molecular weight excluding hydrogens is 447 g/mol. The number of hydrogen-bond donors (Lipinski definition) is 0. The van der Waals surface area contributed by atoms with E-state index in [2.05, 4.69) is 0 Å². The summed E-state index contributed by atoms with van der Waals surface area (Å²) < 4.78 is 115. The summed E-state index contributed by atoms with van der Waals surface area (Å²) in [5, 5.41) is -0.823. The van der Waals surface area contributed by atoms with Crippen molar-refractivity contribution in [2.45, 2.75) is 30.4 Å². The van der Waals surface area contributed by atoms with Crippen molar-refractivity contribution >= 4 is 16.9 Å². The Morgan fingerprint density at radius 3 is 1.70 bits per heavy atom. The van der Waals surface area contributed by atoms with Crippen LogP contribution < -0.4 is 0 Å². The largest absolute Gasteiger partial charge is 0.460 e. The normalized spacial score (nSPS) is 13.4. The van der Waals surface area contributed by atoms with Gasteiger partial charge in [-0.1, -0.05) is 54.2 Å². The fourth-order valence-corrected chi connectivity index (χ4v) is 3.20. The van der Waals surface area contributed by atoms with E-state index in [0.29, 0.717) is 0 Å². The van der Waals surface area contributed by atoms with Crippen LogP contribution in [-0.4, -0.2) is 34.8 Å². The molecule has 0 heterocycles. The van der Waals surface area contributed by atoms with Gasteiger partial charge in [0.05, 0.1) is 0 Å². The molecule has 0 aromatic heterocycles. The van der Waals surface area contributed by atoms with Gasteiger partial charge >= 0.3 is 23.9 Å². The molecule has 0 amide bonds. The number of hydrogen-bond acceptors (Lipinski definition) is 2. The number of carbonyl (C=O) groups excluding carboxylic acids is 1. The molecule has 0 atom stereocenters. The van der Waals surface area contributed by atoms with Gasteiger partial charge in [-0.2, -0.15) is 39.5 Å². The second-order valence-corrected chi connectivity index (χ2v) is 7.25. The predicted molar refractivity (Wildman–Crippen MR) is 94.2 cm³/mol. The maximum atomic E-state index is 13.5. The molecule has 164 valence electrons. The summed E-state index contributed by atoms with van der Waals surface area (Å²) in [6, 6.07) is 14.7. The minimum Gasteiger partial charge on any atom is -0.282 e. The van der Waals surface area contributed by atoms with Gasteiger partial charge in [0.1, 0.15) is 0 Å². The number of rotatable bonds is 7. The molecule has 0 bridgehead atoms. The molecule has 2 aromatic carbocycles. The minimum atomic E-state index is -6.93. The van der Waals surface area contributed by atoms with E-state index in [1.54, 1.807) is 42.5 Å². The standard InChI is InChI=1S/C19H13F9OS/c20-16(21,17(22,23)18(24,25)19(26,27)28)10-11-30-15(29)14-8-6-13(7-9-14)12-4-2-1-3-5-12/h1-9H,10-11H2. The molecule has 0 aliphatic carbocycles. The average molecular weight is 460 g/mol. The zero-order valence-corrected chi connectivity index (χ0v) is 15.6. The molecule has 2 rings (SSSR count). The fraction of sp³-hybridized carbons (Fsp3) is 0.316. The van der Waals surface area contributed by atoms with Crippen molar-refractivity contribution in [2.24, 2.45) is 0 Å². The van der Waals surface area contributed by atoms with Gasteiger partial charge in [0.2, 0.25) is 5.12 Å². The molecule has 2 aromatic rings. The quantitative estimate of drug-likeness (QED) is 0.411. The smallest absolute Gasteiger partial charge is 0.282 e. The van der Waals surface area contributed by atoms with E-state index in [1.165, 1.54) is 12.1 Å². The zero-order valence-electron chi connectivity index (χ0n) is 14.8. The summed E-state index contributed by atoms with van der Waals surface area (Å²) in [5.74, 6) is -20.4. The lowest BCUT2D eigenvalue weighted by Gasteiger charge is -2.33. The van der Waals surface area contributed by atoms with Crippen molar-refractivity contribution < 1.29 is 44.3 Å². The van der Waals surface area contributed by atoms with Crippen LogP contribution in [0, 0.1) is 0 Å². The van der Waals surface area contributed by atoms with E-state index in [-0.39, 0.29) is 17.3 Å². The number of alkyl halides is 9. The molecule has 0 aliphatic rings. The molecule has 1 nitrogen and oxygen atoms in total. The van der Waals surface area contributed by atoms with Crippen LogP contribution >= 0.6 is 11.8 Å². The first-order chi connectivity index (χ1) is 13.7. The Hall–Kier alpha value is -2.17. The first-order valence-electron chi connectivity index (χ1n) is 8.23. The van der Waals surface area contributed by atoms with Crippen LogP contribution in [0.3, 0.4) is 0 Å². The van der Waals surface area contributed by atoms with E-state index in [9.17, 15) is 44.3 Å². The van der Waals surface area contributed by atoms with Gasteiger partial charge in [-0.15, -0.1) is 0 Å². The van der Waals surface area contributed by atoms with Crippen molar-refractivity contribution in [3.8, 4) is 11.1 Å². The molecule has 30 heavy (non-hydrogen) atoms. The van der Waals surface area contributed by atoms with Gasteiger partial charge in [0, 0.05) is 17.7 Å². The Kier molecular flexibility index (Phi) is 6.85. The van der Waals surface area contributed by atoms with Crippen LogP contribution in [0.2, 0.25) is 0 Å². The second-order valence-electron chi connectivity index (χ2n) is 6.18. The molecule has 0 radical (unpaired) electrons. The Labute approximate surface area is 169 Å². The first kappa shape index (κ1) is 24.1. The highest BCUT2D eigenvalue weighted by Crippen LogP contribution is 2.54. The second kappa shape index (κ2) is 8.52. The van der Waals surface area contributed by atoms with Gasteiger partial charge in [-0.3, -0.25) is 4.79 Å². The number of halogens is 9. The van der Waals surface area contributed by atoms with Gasteiger partial charge in [-0.05, 0) is 23.3 Å². The molecule has 0 unspecified atom stereocenters. The molecule has 0 N–H and O–H groups in total. The topological polar surface area (TPSA) is 17.1 Å². The summed E-state index contributed by atoms with van der Waals surface area (Å²) >= 11 is 0.114. The van der Waals surface area contributed by atoms with Crippen LogP contribution in [0.15, 0.2) is 54.6 Å². The predicted octanol–water partition coefficient (Wildman–Crippen LogP) is 7.09. The molecule has 0 aliphatic heterocycles. The van der Waals surface area contributed by atoms with Crippen LogP contribution in [0.5, 0.6) is 0 Å². The van der Waals surface area contributed by atoms with E-state index >= 15 is 0 Å². The van der Waals surface area contributed by atoms with Crippen molar-refractivity contribution in [1.82, 2.24) is 0 Å². The third-order valence-electron chi connectivity index (χ3n) is 4.09. The molecule has 11 heteroatoms. The molecular formula is C19H13F9OS. The number of thioether (sulfide) groups is 1. The Balaban J connectivity index is 2.01. The highest BCUT2D eigenvalue weighted by Gasteiger charge is 2.81. The summed E-state index contributed by atoms with van der Waals surface area (Å²) in [4.78, 5) is 12.0. The SMILES string of the molecule is O=C(SCCC(F)(F)C(F)(F)C(F)(F)C(F)(F)F)c1ccc(-c2ccccc2)cc1. The number of benzene rings is 2. The summed E-state index contributed by atoms with van der Waals surface area (Å²) in [7, 11) is 0. The maximum absolute atomic E-state index is 13.5. The van der Waals surface area contributed by atoms with E-state index < -0.39 is 41.2 Å². The van der Waals surface area contributed by atoms with E-state index in [1.807, 2.05) is 0 Å². The lowest BCUT2D eigenvalue weighted by Crippen LogP contribution is -2.60. The summed E-state index contributed by atoms with van der Waals surface area (Å²) in [6.07, 6.45) is -8.91. The third kappa shape index (κ3) is 4.76. The van der Waals surface area contributed by atoms with E-state index in [0.717, 1.165) is 11.1 Å². The average Bonchev–Trinajstić information content (AvgIpc) is 2.67. The highest BCUT2D eigenvalue weighted by molar-refractivity contribution is 8.14. The first-order valence-corrected chi connectivity index (χ1v) is 9.22. The summed E-state index contributed by atoms with van der Waals surface area (Å²) in [6.45, 7) is 0. The van der Waals surface area contributed by atoms with Crippen molar-refractivity contribution in [1.29, 1.82) is 0 Å². The van der Waals surface area contributed by atoms with Gasteiger partial charge in [0.15, 0.2) is 0 Å². The Bertz CT molecular complexity index is 862. The van der Waals surface area contributed by atoms with Crippen LogP contribution in [0.25, 0.3) is 11.1 Å². The van der Waals surface area contributed by atoms with Crippen molar-refractivity contribution in [2.75, 3.05) is 5.75 Å². The molecule has 0 saturated heterocycles. The lowest BCUT2D eigenvalue weighted by atomic mass is 10.0. The summed E-state index contributed by atoms with van der Waals surface area (Å²) in [5.41, 5.74) is 1.59. The van der Waals surface area contributed by atoms with Gasteiger partial charge in [-0.25, -0.2) is 0 Å². The molecule has 0 spiro atoms. The number of carbonyl (C=O) groups is 1. The van der Waals surface area contributed by atoms with Crippen molar-refractivity contribution in [3.63, 3.8) is 0 Å². The third-order valence-corrected chi connectivity index (χ3v) is 4.99. The molecule has 0 saturated carbocycles. The maximum Gasteiger partial charge on any atom is 0.460 e. The Morgan fingerprint density at radius 1 is 0.700 bits per heavy atom. The van der Waals surface area contributed by atoms with Crippen molar-refractivity contribution in [3.05, 3.63) is 60.2 Å². The van der Waals surface area contributed by atoms with Crippen LogP contribution in [-0.2, 0) is 0 Å². The minimum absolute atomic E-state index is 0.0235. The van der Waals surface area contributed by atoms with Crippen LogP contribution in [0.1, 0.15) is 16.8 Å². The fourth-order valence-electron chi connectivity index (χ4n) is 2.35. The van der Waals surface area contributed by atoms with E-state index in [4.69, 9.17) is 0 Å². The Morgan fingerprint density at radius 2 is 1.20 bits per heavy atom. The highest BCUT2D eigenvalue weighted by atomic mass is 32.2. The lowest BCUT2D eigenvalue weighted by molar-refractivity contribution is -0.396. The zero-order chi connectivity index (χ0) is 22.8. The molecule has 0 fully saturated rings.